The molecule has 0 fully saturated rings. The predicted octanol–water partition coefficient (Wildman–Crippen LogP) is 3.58. The summed E-state index contributed by atoms with van der Waals surface area (Å²) in [7, 11) is 0. The highest BCUT2D eigenvalue weighted by atomic mass is 15.0. The van der Waals surface area contributed by atoms with Crippen molar-refractivity contribution in [2.24, 2.45) is 5.73 Å². The van der Waals surface area contributed by atoms with Crippen LogP contribution >= 0.6 is 0 Å². The lowest BCUT2D eigenvalue weighted by Gasteiger charge is -2.11. The van der Waals surface area contributed by atoms with E-state index in [2.05, 4.69) is 34.2 Å². The number of nitrogens with zero attached hydrogens (tertiary/aromatic N) is 1. The summed E-state index contributed by atoms with van der Waals surface area (Å²) in [6.07, 6.45) is 9.16. The molecule has 1 aromatic carbocycles. The third-order valence-corrected chi connectivity index (χ3v) is 3.95. The van der Waals surface area contributed by atoms with Gasteiger partial charge in [0.25, 0.3) is 0 Å². The molecule has 0 aliphatic carbocycles. The molecule has 0 saturated heterocycles. The Hall–Kier alpha value is -1.61. The number of aromatic amines is 1. The third-order valence-electron chi connectivity index (χ3n) is 3.95. The largest absolute Gasteiger partial charge is 0.347 e. The maximum Gasteiger partial charge on any atom is 0.123 e. The van der Waals surface area contributed by atoms with Gasteiger partial charge in [0.05, 0.1) is 11.7 Å². The van der Waals surface area contributed by atoms with Gasteiger partial charge in [-0.05, 0) is 24.8 Å². The lowest BCUT2D eigenvalue weighted by molar-refractivity contribution is 0.543. The molecule has 0 saturated carbocycles. The van der Waals surface area contributed by atoms with Crippen LogP contribution in [0.3, 0.4) is 0 Å². The van der Waals surface area contributed by atoms with E-state index in [1.54, 1.807) is 0 Å². The molecule has 2 heterocycles. The van der Waals surface area contributed by atoms with E-state index in [9.17, 15) is 0 Å². The summed E-state index contributed by atoms with van der Waals surface area (Å²) in [6.45, 7) is 0. The molecule has 1 atom stereocenters. The van der Waals surface area contributed by atoms with Gasteiger partial charge in [-0.3, -0.25) is 0 Å². The van der Waals surface area contributed by atoms with E-state index < -0.39 is 0 Å². The number of nitrogens with two attached hydrogens (primary N) is 1. The first-order chi connectivity index (χ1) is 9.34. The van der Waals surface area contributed by atoms with Gasteiger partial charge in [-0.1, -0.05) is 43.5 Å². The fraction of sp³-hybridized carbons (Fsp3) is 0.438. The number of aryl methyl sites for hydroxylation is 1. The minimum Gasteiger partial charge on any atom is -0.347 e. The number of hydrogen-bond acceptors (Lipinski definition) is 2. The van der Waals surface area contributed by atoms with Crippen LogP contribution in [0, 0.1) is 0 Å². The summed E-state index contributed by atoms with van der Waals surface area (Å²) in [4.78, 5) is 7.93. The Morgan fingerprint density at radius 2 is 1.95 bits per heavy atom. The highest BCUT2D eigenvalue weighted by molar-refractivity contribution is 5.63. The van der Waals surface area contributed by atoms with Crippen molar-refractivity contribution in [3.63, 3.8) is 0 Å². The smallest absolute Gasteiger partial charge is 0.123 e. The van der Waals surface area contributed by atoms with Crippen LogP contribution in [0.15, 0.2) is 30.5 Å². The predicted molar refractivity (Wildman–Crippen MR) is 77.7 cm³/mol. The molecular formula is C16H21N3. The van der Waals surface area contributed by atoms with Crippen molar-refractivity contribution < 1.29 is 0 Å². The zero-order valence-electron chi connectivity index (χ0n) is 11.2. The standard InChI is InChI=1S/C16H21N3/c17-14-10-4-2-1-3-7-12-8-5-6-9-13(12)15-11-18-16(14)19-15/h5-6,8-9,11,14H,1-4,7,10,17H2,(H,18,19)/t14-/m0/s1. The van der Waals surface area contributed by atoms with Crippen molar-refractivity contribution in [3.05, 3.63) is 41.9 Å². The number of H-pyrrole nitrogens is 1. The highest BCUT2D eigenvalue weighted by Crippen LogP contribution is 2.26. The zero-order valence-corrected chi connectivity index (χ0v) is 11.2. The first-order valence-electron chi connectivity index (χ1n) is 7.24. The Kier molecular flexibility index (Phi) is 3.65. The monoisotopic (exact) mass is 255 g/mol. The molecule has 3 N–H and O–H groups in total. The summed E-state index contributed by atoms with van der Waals surface area (Å²) < 4.78 is 0. The summed E-state index contributed by atoms with van der Waals surface area (Å²) in [6, 6.07) is 8.62. The van der Waals surface area contributed by atoms with Gasteiger partial charge >= 0.3 is 0 Å². The zero-order chi connectivity index (χ0) is 13.1. The molecule has 3 heteroatoms. The molecule has 1 aromatic heterocycles. The Morgan fingerprint density at radius 1 is 1.11 bits per heavy atom. The molecule has 100 valence electrons. The minimum absolute atomic E-state index is 0.0420. The molecule has 0 amide bonds. The van der Waals surface area contributed by atoms with E-state index in [1.807, 2.05) is 6.20 Å². The Balaban J connectivity index is 2.00. The maximum atomic E-state index is 6.19. The quantitative estimate of drug-likeness (QED) is 0.756. The van der Waals surface area contributed by atoms with E-state index in [0.29, 0.717) is 0 Å². The van der Waals surface area contributed by atoms with Crippen molar-refractivity contribution >= 4 is 0 Å². The molecule has 19 heavy (non-hydrogen) atoms. The van der Waals surface area contributed by atoms with Crippen molar-refractivity contribution in [1.82, 2.24) is 9.97 Å². The molecule has 0 radical (unpaired) electrons. The molecule has 3 rings (SSSR count). The molecule has 1 aliphatic rings. The van der Waals surface area contributed by atoms with Crippen LogP contribution in [0.5, 0.6) is 0 Å². The van der Waals surface area contributed by atoms with Crippen molar-refractivity contribution in [2.45, 2.75) is 44.6 Å². The number of nitrogens with one attached hydrogen (secondary N) is 1. The van der Waals surface area contributed by atoms with Crippen LogP contribution in [-0.2, 0) is 6.42 Å². The van der Waals surface area contributed by atoms with Gasteiger partial charge in [0.2, 0.25) is 0 Å². The molecular weight excluding hydrogens is 234 g/mol. The number of fused-ring (bicyclic) bond motifs is 4. The average molecular weight is 255 g/mol. The van der Waals surface area contributed by atoms with Crippen LogP contribution in [0.2, 0.25) is 0 Å². The maximum absolute atomic E-state index is 6.19. The van der Waals surface area contributed by atoms with Gasteiger partial charge < -0.3 is 10.7 Å². The fourth-order valence-electron chi connectivity index (χ4n) is 2.82. The van der Waals surface area contributed by atoms with Gasteiger partial charge in [0.1, 0.15) is 5.82 Å². The second kappa shape index (κ2) is 5.57. The first-order valence-corrected chi connectivity index (χ1v) is 7.24. The van der Waals surface area contributed by atoms with Crippen molar-refractivity contribution in [2.75, 3.05) is 0 Å². The van der Waals surface area contributed by atoms with Crippen molar-refractivity contribution in [3.8, 4) is 11.3 Å². The Morgan fingerprint density at radius 3 is 2.89 bits per heavy atom. The SMILES string of the molecule is N[C@H]1CCCCCCc2ccccc2-c2c[nH]c1n2. The summed E-state index contributed by atoms with van der Waals surface area (Å²) in [5, 5.41) is 0. The van der Waals surface area contributed by atoms with Gasteiger partial charge in [0.15, 0.2) is 0 Å². The van der Waals surface area contributed by atoms with Crippen molar-refractivity contribution in [1.29, 1.82) is 0 Å². The minimum atomic E-state index is 0.0420. The van der Waals surface area contributed by atoms with Gasteiger partial charge in [-0.25, -0.2) is 4.98 Å². The van der Waals surface area contributed by atoms with Gasteiger partial charge in [-0.15, -0.1) is 0 Å². The Labute approximate surface area is 114 Å². The molecule has 3 nitrogen and oxygen atoms in total. The van der Waals surface area contributed by atoms with Crippen LogP contribution in [0.25, 0.3) is 11.3 Å². The number of imidazole rings is 1. The van der Waals surface area contributed by atoms with Crippen LogP contribution in [-0.4, -0.2) is 9.97 Å². The molecule has 1 aliphatic heterocycles. The van der Waals surface area contributed by atoms with Gasteiger partial charge in [-0.2, -0.15) is 0 Å². The third kappa shape index (κ3) is 2.71. The van der Waals surface area contributed by atoms with E-state index >= 15 is 0 Å². The topological polar surface area (TPSA) is 54.7 Å². The van der Waals surface area contributed by atoms with E-state index in [-0.39, 0.29) is 6.04 Å². The number of rotatable bonds is 0. The average Bonchev–Trinajstić information content (AvgIpc) is 2.91. The normalized spacial score (nSPS) is 20.2. The lowest BCUT2D eigenvalue weighted by atomic mass is 9.98. The van der Waals surface area contributed by atoms with E-state index in [1.165, 1.54) is 36.8 Å². The molecule has 2 aromatic rings. The molecule has 0 spiro atoms. The number of aromatic nitrogens is 2. The van der Waals surface area contributed by atoms with Crippen LogP contribution in [0.4, 0.5) is 0 Å². The fourth-order valence-corrected chi connectivity index (χ4v) is 2.82. The molecule has 0 unspecified atom stereocenters. The second-order valence-electron chi connectivity index (χ2n) is 5.39. The van der Waals surface area contributed by atoms with E-state index in [4.69, 9.17) is 5.73 Å². The lowest BCUT2D eigenvalue weighted by Crippen LogP contribution is -2.12. The van der Waals surface area contributed by atoms with Gasteiger partial charge in [0, 0.05) is 11.8 Å². The first kappa shape index (κ1) is 12.4. The van der Waals surface area contributed by atoms with Crippen LogP contribution < -0.4 is 5.73 Å². The summed E-state index contributed by atoms with van der Waals surface area (Å²) in [5.41, 5.74) is 9.86. The van der Waals surface area contributed by atoms with Crippen LogP contribution in [0.1, 0.15) is 49.5 Å². The Bertz CT molecular complexity index is 544. The van der Waals surface area contributed by atoms with E-state index in [0.717, 1.165) is 24.4 Å². The molecule has 2 bridgehead atoms. The summed E-state index contributed by atoms with van der Waals surface area (Å²) in [5.74, 6) is 0.922. The number of hydrogen-bond donors (Lipinski definition) is 2. The number of benzene rings is 1. The summed E-state index contributed by atoms with van der Waals surface area (Å²) >= 11 is 0. The highest BCUT2D eigenvalue weighted by Gasteiger charge is 2.14. The second-order valence-corrected chi connectivity index (χ2v) is 5.39.